The molecule has 0 aromatic rings. The van der Waals surface area contributed by atoms with Crippen molar-refractivity contribution in [3.05, 3.63) is 0 Å². The standard InChI is InChI=1S/C71H121N19O22/c1-10-105-47(6)85-109-42-60(93)73-34-20-15-27-51-65(98)79-46(5)64(97)83-54(29-17-22-36-75-62(95)44-111-87-49(8)107-12-3)70(103)89-38-24-31-56(89)68(101)78-41-59(92)81-52(28-16-21-35-74-61(94)43-110-86-48(7)106-11-2)66(99)82-53(26-14-19-33-72)67(100)84-55(30-18-23-37-76-63(96)45-112-88-50(9)108-13-4)71(104)90-39-25-32-57(90)69(102)77-40-58(91)80-51/h46,51-57H,10-45,72H2,1-9H3,(H,73,93)(H,74,94)(H,75,95)(H,76,96)(H,77,102)(H,78,101)(H,79,98)(H,80,91)(H,81,92)(H,82,99)(H,83,97)(H,84,100)/b85-47+,86-48+,87-49-,88-50-/t46-,51-,52-,53-,54-,55-,56-,57-/m0/s1. The Hall–Kier alpha value is -10.4. The normalized spacial score (nSPS) is 21.3. The van der Waals surface area contributed by atoms with Gasteiger partial charge in [0.2, 0.25) is 82.7 Å². The Labute approximate surface area is 653 Å². The fourth-order valence-corrected chi connectivity index (χ4v) is 11.8. The summed E-state index contributed by atoms with van der Waals surface area (Å²) in [7, 11) is 0. The molecule has 0 aromatic carbocycles. The molecule has 14 N–H and O–H groups in total. The second-order valence-corrected chi connectivity index (χ2v) is 26.4. The highest BCUT2D eigenvalue weighted by atomic mass is 16.7. The van der Waals surface area contributed by atoms with Gasteiger partial charge < -0.3 is 118 Å². The average Bonchev–Trinajstić information content (AvgIpc) is 1.65. The smallest absolute Gasteiger partial charge is 0.260 e. The molecule has 0 spiro atoms. The predicted molar refractivity (Wildman–Crippen MR) is 406 cm³/mol. The van der Waals surface area contributed by atoms with Crippen LogP contribution in [0, 0.1) is 0 Å². The van der Waals surface area contributed by atoms with Gasteiger partial charge in [-0.15, -0.1) is 0 Å². The summed E-state index contributed by atoms with van der Waals surface area (Å²) < 4.78 is 20.8. The number of fused-ring (bicyclic) bond motifs is 2. The van der Waals surface area contributed by atoms with Crippen LogP contribution in [-0.2, 0) is 105 Å². The van der Waals surface area contributed by atoms with Gasteiger partial charge >= 0.3 is 0 Å². The summed E-state index contributed by atoms with van der Waals surface area (Å²) in [5.74, 6) is -9.14. The molecule has 632 valence electrons. The van der Waals surface area contributed by atoms with Crippen molar-refractivity contribution in [1.29, 1.82) is 0 Å². The highest BCUT2D eigenvalue weighted by Gasteiger charge is 2.41. The number of rotatable bonds is 40. The summed E-state index contributed by atoms with van der Waals surface area (Å²) >= 11 is 0. The highest BCUT2D eigenvalue weighted by Crippen LogP contribution is 2.23. The van der Waals surface area contributed by atoms with E-state index in [1.165, 1.54) is 16.7 Å². The second-order valence-electron chi connectivity index (χ2n) is 26.4. The summed E-state index contributed by atoms with van der Waals surface area (Å²) in [5, 5.41) is 47.0. The first-order valence-electron chi connectivity index (χ1n) is 38.7. The van der Waals surface area contributed by atoms with Gasteiger partial charge in [0, 0.05) is 67.0 Å². The number of carbonyl (C=O) groups is 14. The van der Waals surface area contributed by atoms with Crippen LogP contribution in [0.3, 0.4) is 0 Å². The lowest BCUT2D eigenvalue weighted by molar-refractivity contribution is -0.142. The summed E-state index contributed by atoms with van der Waals surface area (Å²) in [6, 6.07) is -10.6. The topological polar surface area (TPSA) is 539 Å². The SMILES string of the molecule is CCO/C(C)=N\OCC(=O)NCCCC[C@@H]1NC(=O)[C@H](C)NC(=O)[C@H](CCCCNC(=O)CO/N=C(\C)OCC)NC(=O)CNC(=O)[C@@H]2CCCN2C(=O)[C@H](CCCCNC(=O)CO/N=C(/C)OCC)NC(=O)[C@H](CCCCN)NC(=O)[C@H](CCCCNC(=O)CO/N=C(\C)OCC)NC(=O)CNC(=O)[C@@H]2CCCN2C1=O. The van der Waals surface area contributed by atoms with E-state index in [1.54, 1.807) is 55.4 Å². The van der Waals surface area contributed by atoms with Crippen LogP contribution in [0.4, 0.5) is 0 Å². The van der Waals surface area contributed by atoms with Crippen LogP contribution in [0.5, 0.6) is 0 Å². The third kappa shape index (κ3) is 39.5. The fourth-order valence-electron chi connectivity index (χ4n) is 11.8. The number of carbonyl (C=O) groups excluding carboxylic acids is 14. The molecule has 3 fully saturated rings. The van der Waals surface area contributed by atoms with Gasteiger partial charge in [0.1, 0.15) is 48.3 Å². The number of oxime groups is 4. The second kappa shape index (κ2) is 55.9. The lowest BCUT2D eigenvalue weighted by Crippen LogP contribution is -2.59. The molecule has 8 atom stereocenters. The van der Waals surface area contributed by atoms with Crippen LogP contribution < -0.4 is 69.5 Å². The minimum absolute atomic E-state index is 0.0171. The zero-order valence-corrected chi connectivity index (χ0v) is 66.3. The zero-order chi connectivity index (χ0) is 82.6. The van der Waals surface area contributed by atoms with Crippen molar-refractivity contribution in [2.75, 3.05) is 112 Å². The number of hydrogen-bond donors (Lipinski definition) is 13. The molecule has 3 aliphatic rings. The Bertz CT molecular complexity index is 3160. The maximum absolute atomic E-state index is 15.0. The maximum Gasteiger partial charge on any atom is 0.260 e. The molecular formula is C71H121N19O22. The van der Waals surface area contributed by atoms with E-state index in [4.69, 9.17) is 44.0 Å². The fraction of sp³-hybridized carbons (Fsp3) is 0.746. The van der Waals surface area contributed by atoms with E-state index in [1.807, 2.05) is 0 Å². The van der Waals surface area contributed by atoms with Crippen LogP contribution in [0.25, 0.3) is 0 Å². The molecule has 3 heterocycles. The quantitative estimate of drug-likeness (QED) is 0.0136. The number of unbranched alkanes of at least 4 members (excludes halogenated alkanes) is 5. The Morgan fingerprint density at radius 1 is 0.393 bits per heavy atom. The van der Waals surface area contributed by atoms with Gasteiger partial charge in [-0.25, -0.2) is 0 Å². The van der Waals surface area contributed by atoms with Gasteiger partial charge in [-0.1, -0.05) is 20.6 Å². The minimum atomic E-state index is -1.39. The van der Waals surface area contributed by atoms with Crippen LogP contribution in [-0.4, -0.2) is 276 Å². The van der Waals surface area contributed by atoms with Crippen molar-refractivity contribution in [2.45, 2.75) is 233 Å². The van der Waals surface area contributed by atoms with E-state index in [-0.39, 0.29) is 166 Å². The van der Waals surface area contributed by atoms with Gasteiger partial charge in [-0.3, -0.25) is 67.1 Å². The molecule has 0 aromatic heterocycles. The molecule has 0 unspecified atom stereocenters. The molecular weight excluding hydrogens is 1470 g/mol. The van der Waals surface area contributed by atoms with Crippen molar-refractivity contribution >= 4 is 106 Å². The molecule has 14 amide bonds. The van der Waals surface area contributed by atoms with Crippen LogP contribution in [0.2, 0.25) is 0 Å². The molecule has 112 heavy (non-hydrogen) atoms. The summed E-state index contributed by atoms with van der Waals surface area (Å²) in [6.07, 6.45) is 3.27. The van der Waals surface area contributed by atoms with E-state index >= 15 is 0 Å². The molecule has 0 aliphatic carbocycles. The minimum Gasteiger partial charge on any atom is -0.479 e. The first-order chi connectivity index (χ1) is 53.7. The number of hydrogen-bond acceptors (Lipinski definition) is 27. The molecule has 0 radical (unpaired) electrons. The van der Waals surface area contributed by atoms with E-state index < -0.39 is 171 Å². The number of nitrogens with two attached hydrogens (primary N) is 1. The Kier molecular flexibility index (Phi) is 47.8. The van der Waals surface area contributed by atoms with E-state index in [0.29, 0.717) is 52.1 Å². The number of ether oxygens (including phenoxy) is 4. The first kappa shape index (κ1) is 95.8. The van der Waals surface area contributed by atoms with E-state index in [9.17, 15) is 67.1 Å². The van der Waals surface area contributed by atoms with Crippen molar-refractivity contribution in [3.8, 4) is 0 Å². The monoisotopic (exact) mass is 1590 g/mol. The summed E-state index contributed by atoms with van der Waals surface area (Å²) in [4.78, 5) is 218. The molecule has 3 saturated heterocycles. The van der Waals surface area contributed by atoms with Crippen LogP contribution >= 0.6 is 0 Å². The molecule has 41 heteroatoms. The van der Waals surface area contributed by atoms with Gasteiger partial charge in [0.05, 0.1) is 39.5 Å². The Morgan fingerprint density at radius 3 is 1.00 bits per heavy atom. The highest BCUT2D eigenvalue weighted by molar-refractivity contribution is 5.99. The zero-order valence-electron chi connectivity index (χ0n) is 66.3. The average molecular weight is 1590 g/mol. The Balaban J connectivity index is 2.09. The van der Waals surface area contributed by atoms with Crippen molar-refractivity contribution in [3.63, 3.8) is 0 Å². The Morgan fingerprint density at radius 2 is 0.679 bits per heavy atom. The molecule has 0 saturated carbocycles. The first-order valence-corrected chi connectivity index (χ1v) is 38.7. The molecule has 3 rings (SSSR count). The van der Waals surface area contributed by atoms with Gasteiger partial charge in [-0.2, -0.15) is 0 Å². The van der Waals surface area contributed by atoms with Gasteiger partial charge in [0.25, 0.3) is 23.6 Å². The molecule has 3 aliphatic heterocycles. The van der Waals surface area contributed by atoms with Crippen molar-refractivity contribution in [2.24, 2.45) is 26.4 Å². The van der Waals surface area contributed by atoms with Gasteiger partial charge in [0.15, 0.2) is 26.4 Å². The van der Waals surface area contributed by atoms with Gasteiger partial charge in [-0.05, 0) is 163 Å². The van der Waals surface area contributed by atoms with Crippen LogP contribution in [0.1, 0.15) is 184 Å². The van der Waals surface area contributed by atoms with E-state index in [2.05, 4.69) is 84.4 Å². The maximum atomic E-state index is 15.0. The third-order valence-electron chi connectivity index (χ3n) is 17.3. The number of amides is 14. The van der Waals surface area contributed by atoms with E-state index in [0.717, 1.165) is 0 Å². The molecule has 41 nitrogen and oxygen atoms in total. The largest absolute Gasteiger partial charge is 0.479 e. The number of nitrogens with one attached hydrogen (secondary N) is 12. The summed E-state index contributed by atoms with van der Waals surface area (Å²) in [6.45, 7) is 13.5. The third-order valence-corrected chi connectivity index (χ3v) is 17.3. The lowest BCUT2D eigenvalue weighted by atomic mass is 10.0. The van der Waals surface area contributed by atoms with Crippen LogP contribution in [0.15, 0.2) is 20.6 Å². The molecule has 0 bridgehead atoms. The predicted octanol–water partition coefficient (Wildman–Crippen LogP) is -2.04. The number of nitrogens with zero attached hydrogens (tertiary/aromatic N) is 6. The lowest BCUT2D eigenvalue weighted by Gasteiger charge is -2.30. The van der Waals surface area contributed by atoms with Crippen molar-refractivity contribution < 1.29 is 105 Å². The summed E-state index contributed by atoms with van der Waals surface area (Å²) in [5.41, 5.74) is 5.90. The van der Waals surface area contributed by atoms with Crippen molar-refractivity contribution in [1.82, 2.24) is 73.6 Å².